The number of nitrogens with zero attached hydrogens (tertiary/aromatic N) is 2. The minimum atomic E-state index is -0.905. The Morgan fingerprint density at radius 1 is 1.50 bits per heavy atom. The maximum absolute atomic E-state index is 14.0. The Kier molecular flexibility index (Phi) is 3.02. The van der Waals surface area contributed by atoms with E-state index in [9.17, 15) is 14.6 Å². The third-order valence-corrected chi connectivity index (χ3v) is 2.27. The van der Waals surface area contributed by atoms with Crippen LogP contribution in [-0.2, 0) is 6.54 Å². The first-order valence-corrected chi connectivity index (χ1v) is 4.90. The van der Waals surface area contributed by atoms with Crippen molar-refractivity contribution >= 4 is 0 Å². The normalized spacial score (nSPS) is 10.6. The third-order valence-electron chi connectivity index (χ3n) is 2.27. The summed E-state index contributed by atoms with van der Waals surface area (Å²) in [5.41, 5.74) is 4.87. The monoisotopic (exact) mass is 255 g/mol. The molecule has 0 atom stereocenters. The molecule has 1 aromatic heterocycles. The number of aromatic hydroxyl groups is 2. The van der Waals surface area contributed by atoms with Crippen molar-refractivity contribution in [1.82, 2.24) is 10.1 Å². The molecular weight excluding hydrogens is 245 g/mol. The van der Waals surface area contributed by atoms with Crippen molar-refractivity contribution in [2.45, 2.75) is 6.54 Å². The van der Waals surface area contributed by atoms with E-state index in [-0.39, 0.29) is 24.0 Å². The average molecular weight is 255 g/mol. The summed E-state index contributed by atoms with van der Waals surface area (Å²) in [6.45, 7) is -0.0225. The summed E-state index contributed by atoms with van der Waals surface area (Å²) < 4.78 is 23.4. The van der Waals surface area contributed by atoms with E-state index < -0.39 is 22.9 Å². The van der Waals surface area contributed by atoms with E-state index in [1.165, 1.54) is 7.11 Å². The molecule has 0 fully saturated rings. The number of ether oxygens (including phenoxy) is 1. The molecule has 2 aromatic rings. The fourth-order valence-corrected chi connectivity index (χ4v) is 1.40. The molecule has 0 radical (unpaired) electrons. The van der Waals surface area contributed by atoms with Crippen LogP contribution in [0, 0.1) is 5.82 Å². The molecule has 0 amide bonds. The highest BCUT2D eigenvalue weighted by Gasteiger charge is 2.23. The number of aromatic nitrogens is 2. The molecule has 2 rings (SSSR count). The van der Waals surface area contributed by atoms with Crippen LogP contribution in [0.5, 0.6) is 17.2 Å². The number of methoxy groups -OCH3 is 1. The van der Waals surface area contributed by atoms with Crippen LogP contribution in [0.2, 0.25) is 0 Å². The van der Waals surface area contributed by atoms with Crippen LogP contribution in [0.3, 0.4) is 0 Å². The van der Waals surface area contributed by atoms with Crippen molar-refractivity contribution < 1.29 is 23.9 Å². The average Bonchev–Trinajstić information content (AvgIpc) is 2.82. The summed E-state index contributed by atoms with van der Waals surface area (Å²) in [6, 6.07) is 0.943. The van der Waals surface area contributed by atoms with Gasteiger partial charge in [-0.15, -0.1) is 0 Å². The number of phenols is 2. The molecule has 0 unspecified atom stereocenters. The van der Waals surface area contributed by atoms with E-state index in [0.29, 0.717) is 0 Å². The van der Waals surface area contributed by atoms with E-state index in [1.807, 2.05) is 0 Å². The molecule has 0 saturated carbocycles. The number of hydrogen-bond acceptors (Lipinski definition) is 7. The zero-order valence-corrected chi connectivity index (χ0v) is 9.35. The lowest BCUT2D eigenvalue weighted by Gasteiger charge is -2.08. The van der Waals surface area contributed by atoms with Crippen LogP contribution in [0.25, 0.3) is 11.4 Å². The van der Waals surface area contributed by atoms with Gasteiger partial charge >= 0.3 is 0 Å². The van der Waals surface area contributed by atoms with Gasteiger partial charge in [0.15, 0.2) is 23.1 Å². The largest absolute Gasteiger partial charge is 0.504 e. The van der Waals surface area contributed by atoms with E-state index >= 15 is 0 Å². The summed E-state index contributed by atoms with van der Waals surface area (Å²) in [4.78, 5) is 3.77. The Bertz CT molecular complexity index is 585. The Balaban J connectivity index is 2.65. The highest BCUT2D eigenvalue weighted by molar-refractivity contribution is 5.71. The molecule has 1 aromatic carbocycles. The smallest absolute Gasteiger partial charge is 0.240 e. The second kappa shape index (κ2) is 4.49. The first-order valence-electron chi connectivity index (χ1n) is 4.90. The van der Waals surface area contributed by atoms with Crippen molar-refractivity contribution in [3.63, 3.8) is 0 Å². The maximum atomic E-state index is 14.0. The first-order chi connectivity index (χ1) is 8.58. The van der Waals surface area contributed by atoms with Gasteiger partial charge in [-0.3, -0.25) is 0 Å². The van der Waals surface area contributed by atoms with Gasteiger partial charge < -0.3 is 25.2 Å². The SMILES string of the molecule is COc1cc(O)c(O)c(-c2noc(CN)n2)c1F. The van der Waals surface area contributed by atoms with Crippen LogP contribution in [0.4, 0.5) is 4.39 Å². The second-order valence-electron chi connectivity index (χ2n) is 3.35. The molecule has 0 bridgehead atoms. The molecule has 18 heavy (non-hydrogen) atoms. The summed E-state index contributed by atoms with van der Waals surface area (Å²) in [7, 11) is 1.22. The Morgan fingerprint density at radius 2 is 2.22 bits per heavy atom. The number of hydrogen-bond donors (Lipinski definition) is 3. The summed E-state index contributed by atoms with van der Waals surface area (Å²) >= 11 is 0. The van der Waals surface area contributed by atoms with Crippen LogP contribution < -0.4 is 10.5 Å². The van der Waals surface area contributed by atoms with Gasteiger partial charge in [0, 0.05) is 6.07 Å². The number of phenolic OH excluding ortho intramolecular Hbond substituents is 2. The predicted octanol–water partition coefficient (Wildman–Crippen LogP) is 0.754. The molecule has 0 aliphatic carbocycles. The molecular formula is C10H10FN3O4. The van der Waals surface area contributed by atoms with Gasteiger partial charge in [0.2, 0.25) is 11.7 Å². The van der Waals surface area contributed by atoms with Crippen LogP contribution >= 0.6 is 0 Å². The van der Waals surface area contributed by atoms with Gasteiger partial charge in [-0.05, 0) is 0 Å². The fourth-order valence-electron chi connectivity index (χ4n) is 1.40. The quantitative estimate of drug-likeness (QED) is 0.693. The molecule has 0 saturated heterocycles. The second-order valence-corrected chi connectivity index (χ2v) is 3.35. The molecule has 7 nitrogen and oxygen atoms in total. The van der Waals surface area contributed by atoms with Gasteiger partial charge in [0.1, 0.15) is 5.56 Å². The Hall–Kier alpha value is -2.35. The molecule has 0 aliphatic rings. The minimum absolute atomic E-state index is 0.0225. The van der Waals surface area contributed by atoms with Crippen molar-refractivity contribution in [1.29, 1.82) is 0 Å². The summed E-state index contributed by atoms with van der Waals surface area (Å²) in [5, 5.41) is 22.6. The fraction of sp³-hybridized carbons (Fsp3) is 0.200. The van der Waals surface area contributed by atoms with Gasteiger partial charge in [0.05, 0.1) is 13.7 Å². The van der Waals surface area contributed by atoms with E-state index in [0.717, 1.165) is 6.07 Å². The number of halogens is 1. The topological polar surface area (TPSA) is 115 Å². The highest BCUT2D eigenvalue weighted by Crippen LogP contribution is 2.41. The summed E-state index contributed by atoms with van der Waals surface area (Å²) in [6.07, 6.45) is 0. The van der Waals surface area contributed by atoms with Crippen molar-refractivity contribution in [2.75, 3.05) is 7.11 Å². The van der Waals surface area contributed by atoms with Gasteiger partial charge in [0.25, 0.3) is 0 Å². The highest BCUT2D eigenvalue weighted by atomic mass is 19.1. The molecule has 0 spiro atoms. The molecule has 1 heterocycles. The van der Waals surface area contributed by atoms with Crippen molar-refractivity contribution in [2.24, 2.45) is 5.73 Å². The van der Waals surface area contributed by atoms with Gasteiger partial charge in [-0.25, -0.2) is 4.39 Å². The third kappa shape index (κ3) is 1.82. The summed E-state index contributed by atoms with van der Waals surface area (Å²) in [5.74, 6) is -2.55. The molecule has 96 valence electrons. The first kappa shape index (κ1) is 12.1. The molecule has 0 aliphatic heterocycles. The van der Waals surface area contributed by atoms with Gasteiger partial charge in [-0.1, -0.05) is 5.16 Å². The number of nitrogens with two attached hydrogens (primary N) is 1. The van der Waals surface area contributed by atoms with Gasteiger partial charge in [-0.2, -0.15) is 4.98 Å². The standard InChI is InChI=1S/C10H10FN3O4/c1-17-5-2-4(15)9(16)7(8(5)11)10-13-6(3-12)18-14-10/h2,15-16H,3,12H2,1H3. The molecule has 4 N–H and O–H groups in total. The Morgan fingerprint density at radius 3 is 2.78 bits per heavy atom. The van der Waals surface area contributed by atoms with Crippen LogP contribution in [0.1, 0.15) is 5.89 Å². The van der Waals surface area contributed by atoms with Crippen molar-refractivity contribution in [3.8, 4) is 28.6 Å². The molecule has 8 heteroatoms. The van der Waals surface area contributed by atoms with Crippen LogP contribution in [-0.4, -0.2) is 27.5 Å². The zero-order valence-electron chi connectivity index (χ0n) is 9.35. The van der Waals surface area contributed by atoms with Crippen molar-refractivity contribution in [3.05, 3.63) is 17.8 Å². The number of benzene rings is 1. The lowest BCUT2D eigenvalue weighted by atomic mass is 10.1. The minimum Gasteiger partial charge on any atom is -0.504 e. The van der Waals surface area contributed by atoms with E-state index in [4.69, 9.17) is 15.0 Å². The number of rotatable bonds is 3. The zero-order chi connectivity index (χ0) is 13.3. The van der Waals surface area contributed by atoms with Crippen LogP contribution in [0.15, 0.2) is 10.6 Å². The lowest BCUT2D eigenvalue weighted by molar-refractivity contribution is 0.364. The predicted molar refractivity (Wildman–Crippen MR) is 57.5 cm³/mol. The maximum Gasteiger partial charge on any atom is 0.240 e. The van der Waals surface area contributed by atoms with E-state index in [1.54, 1.807) is 0 Å². The lowest BCUT2D eigenvalue weighted by Crippen LogP contribution is -1.97. The Labute approximate surface area is 101 Å². The van der Waals surface area contributed by atoms with E-state index in [2.05, 4.69) is 10.1 Å².